The number of allylic oxidation sites excluding steroid dienone is 2. The van der Waals surface area contributed by atoms with Crippen molar-refractivity contribution in [1.29, 1.82) is 0 Å². The van der Waals surface area contributed by atoms with Gasteiger partial charge in [0.2, 0.25) is 0 Å². The summed E-state index contributed by atoms with van der Waals surface area (Å²) in [4.78, 5) is 0. The molecule has 0 bridgehead atoms. The molecule has 3 nitrogen and oxygen atoms in total. The van der Waals surface area contributed by atoms with Crippen LogP contribution < -0.4 is 0 Å². The highest BCUT2D eigenvalue weighted by atomic mass is 16.9. The first kappa shape index (κ1) is 7.03. The van der Waals surface area contributed by atoms with Crippen LogP contribution >= 0.6 is 0 Å². The minimum atomic E-state index is -0.656. The first-order valence-corrected chi connectivity index (χ1v) is 3.46. The van der Waals surface area contributed by atoms with E-state index in [4.69, 9.17) is 14.2 Å². The molecule has 60 valence electrons. The molecule has 1 saturated heterocycles. The van der Waals surface area contributed by atoms with Gasteiger partial charge < -0.3 is 9.47 Å². The zero-order valence-corrected chi connectivity index (χ0v) is 6.53. The Kier molecular flexibility index (Phi) is 1.24. The van der Waals surface area contributed by atoms with Crippen molar-refractivity contribution in [3.05, 3.63) is 24.3 Å². The molecule has 0 aromatic rings. The van der Waals surface area contributed by atoms with Crippen molar-refractivity contribution in [2.24, 2.45) is 0 Å². The Morgan fingerprint density at radius 2 is 1.45 bits per heavy atom. The highest BCUT2D eigenvalue weighted by molar-refractivity contribution is 5.32. The summed E-state index contributed by atoms with van der Waals surface area (Å²) < 4.78 is 15.7. The number of ether oxygens (including phenoxy) is 3. The smallest absolute Gasteiger partial charge is 0.251 e. The van der Waals surface area contributed by atoms with Crippen molar-refractivity contribution in [3.63, 3.8) is 0 Å². The van der Waals surface area contributed by atoms with E-state index in [1.165, 1.54) is 0 Å². The third kappa shape index (κ3) is 0.677. The highest BCUT2D eigenvalue weighted by Gasteiger charge is 2.71. The molecular weight excluding hydrogens is 144 g/mol. The van der Waals surface area contributed by atoms with Gasteiger partial charge in [-0.05, 0) is 12.2 Å². The van der Waals surface area contributed by atoms with Crippen molar-refractivity contribution in [2.45, 2.75) is 11.6 Å². The van der Waals surface area contributed by atoms with Gasteiger partial charge in [-0.25, -0.2) is 0 Å². The van der Waals surface area contributed by atoms with E-state index in [1.807, 2.05) is 24.3 Å². The molecule has 3 heteroatoms. The maximum atomic E-state index is 5.33. The van der Waals surface area contributed by atoms with Gasteiger partial charge in [0.1, 0.15) is 0 Å². The standard InChI is InChI=1S/C8H10O3/c1-9-7-5-3-4-6-8(7,10-2)11-7/h3-6H,1-2H3. The number of fused-ring (bicyclic) bond motifs is 1. The molecule has 2 rings (SSSR count). The summed E-state index contributed by atoms with van der Waals surface area (Å²) >= 11 is 0. The lowest BCUT2D eigenvalue weighted by Crippen LogP contribution is -2.27. The SMILES string of the molecule is COC12C=CC=CC1(OC)O2. The molecule has 2 aliphatic rings. The topological polar surface area (TPSA) is 31.0 Å². The van der Waals surface area contributed by atoms with Gasteiger partial charge in [0.15, 0.2) is 0 Å². The van der Waals surface area contributed by atoms with Crippen LogP contribution in [0.1, 0.15) is 0 Å². The Hall–Kier alpha value is -0.640. The van der Waals surface area contributed by atoms with Crippen LogP contribution in [0, 0.1) is 0 Å². The molecule has 0 radical (unpaired) electrons. The molecule has 1 aliphatic carbocycles. The van der Waals surface area contributed by atoms with Crippen molar-refractivity contribution in [3.8, 4) is 0 Å². The molecule has 1 heterocycles. The molecule has 2 unspecified atom stereocenters. The summed E-state index contributed by atoms with van der Waals surface area (Å²) in [5.74, 6) is -1.31. The maximum absolute atomic E-state index is 5.33. The summed E-state index contributed by atoms with van der Waals surface area (Å²) in [5, 5.41) is 0. The van der Waals surface area contributed by atoms with Crippen LogP contribution in [0.25, 0.3) is 0 Å². The summed E-state index contributed by atoms with van der Waals surface area (Å²) in [6.45, 7) is 0. The molecule has 0 spiro atoms. The third-order valence-corrected chi connectivity index (χ3v) is 2.10. The van der Waals surface area contributed by atoms with Gasteiger partial charge in [0.05, 0.1) is 0 Å². The second kappa shape index (κ2) is 1.94. The van der Waals surface area contributed by atoms with E-state index in [0.29, 0.717) is 0 Å². The molecule has 0 amide bonds. The van der Waals surface area contributed by atoms with Gasteiger partial charge in [-0.1, -0.05) is 12.2 Å². The minimum Gasteiger partial charge on any atom is -0.345 e. The van der Waals surface area contributed by atoms with Crippen LogP contribution in [0.5, 0.6) is 0 Å². The highest BCUT2D eigenvalue weighted by Crippen LogP contribution is 2.52. The first-order chi connectivity index (χ1) is 5.29. The lowest BCUT2D eigenvalue weighted by Gasteiger charge is -2.12. The summed E-state index contributed by atoms with van der Waals surface area (Å²) in [6.07, 6.45) is 7.45. The molecule has 0 N–H and O–H groups in total. The molecule has 1 aliphatic heterocycles. The Morgan fingerprint density at radius 3 is 1.82 bits per heavy atom. The lowest BCUT2D eigenvalue weighted by molar-refractivity contribution is 0.0140. The number of epoxide rings is 1. The maximum Gasteiger partial charge on any atom is 0.251 e. The number of hydrogen-bond donors (Lipinski definition) is 0. The van der Waals surface area contributed by atoms with E-state index >= 15 is 0 Å². The molecule has 0 aromatic heterocycles. The van der Waals surface area contributed by atoms with E-state index in [2.05, 4.69) is 0 Å². The Morgan fingerprint density at radius 1 is 1.00 bits per heavy atom. The zero-order valence-electron chi connectivity index (χ0n) is 6.53. The van der Waals surface area contributed by atoms with Crippen molar-refractivity contribution < 1.29 is 14.2 Å². The van der Waals surface area contributed by atoms with Crippen LogP contribution in [-0.2, 0) is 14.2 Å². The number of rotatable bonds is 2. The van der Waals surface area contributed by atoms with Crippen molar-refractivity contribution >= 4 is 0 Å². The predicted octanol–water partition coefficient (Wildman–Crippen LogP) is 0.828. The van der Waals surface area contributed by atoms with Gasteiger partial charge >= 0.3 is 0 Å². The Bertz CT molecular complexity index is 209. The van der Waals surface area contributed by atoms with Gasteiger partial charge in [-0.2, -0.15) is 0 Å². The Labute approximate surface area is 65.2 Å². The molecule has 11 heavy (non-hydrogen) atoms. The van der Waals surface area contributed by atoms with Crippen LogP contribution in [0.4, 0.5) is 0 Å². The van der Waals surface area contributed by atoms with Crippen molar-refractivity contribution in [2.75, 3.05) is 14.2 Å². The fourth-order valence-electron chi connectivity index (χ4n) is 1.37. The molecule has 0 aromatic carbocycles. The lowest BCUT2D eigenvalue weighted by atomic mass is 10.1. The van der Waals surface area contributed by atoms with E-state index in [-0.39, 0.29) is 0 Å². The monoisotopic (exact) mass is 154 g/mol. The van der Waals surface area contributed by atoms with Gasteiger partial charge in [0.25, 0.3) is 11.6 Å². The molecule has 1 fully saturated rings. The quantitative estimate of drug-likeness (QED) is 0.552. The first-order valence-electron chi connectivity index (χ1n) is 3.46. The minimum absolute atomic E-state index is 0.656. The third-order valence-electron chi connectivity index (χ3n) is 2.10. The van der Waals surface area contributed by atoms with Gasteiger partial charge in [-0.15, -0.1) is 0 Å². The average Bonchev–Trinajstić information content (AvgIpc) is 2.75. The molecule has 2 atom stereocenters. The van der Waals surface area contributed by atoms with Crippen LogP contribution in [0.15, 0.2) is 24.3 Å². The normalized spacial score (nSPS) is 45.6. The van der Waals surface area contributed by atoms with E-state index in [9.17, 15) is 0 Å². The Balaban J connectivity index is 2.29. The van der Waals surface area contributed by atoms with Gasteiger partial charge in [0, 0.05) is 14.2 Å². The largest absolute Gasteiger partial charge is 0.345 e. The molecular formula is C8H10O3. The predicted molar refractivity (Wildman–Crippen MR) is 38.8 cm³/mol. The molecule has 0 saturated carbocycles. The fourth-order valence-corrected chi connectivity index (χ4v) is 1.37. The second-order valence-corrected chi connectivity index (χ2v) is 2.56. The van der Waals surface area contributed by atoms with Crippen LogP contribution in [0.2, 0.25) is 0 Å². The van der Waals surface area contributed by atoms with Gasteiger partial charge in [-0.3, -0.25) is 4.74 Å². The van der Waals surface area contributed by atoms with Crippen LogP contribution in [0.3, 0.4) is 0 Å². The number of methoxy groups -OCH3 is 2. The fraction of sp³-hybridized carbons (Fsp3) is 0.500. The zero-order chi connectivity index (χ0) is 7.95. The van der Waals surface area contributed by atoms with E-state index < -0.39 is 11.6 Å². The van der Waals surface area contributed by atoms with Crippen LogP contribution in [-0.4, -0.2) is 25.8 Å². The van der Waals surface area contributed by atoms with E-state index in [1.54, 1.807) is 14.2 Å². The average molecular weight is 154 g/mol. The number of hydrogen-bond acceptors (Lipinski definition) is 3. The second-order valence-electron chi connectivity index (χ2n) is 2.56. The summed E-state index contributed by atoms with van der Waals surface area (Å²) in [7, 11) is 3.20. The van der Waals surface area contributed by atoms with Crippen molar-refractivity contribution in [1.82, 2.24) is 0 Å². The summed E-state index contributed by atoms with van der Waals surface area (Å²) in [5.41, 5.74) is 0. The summed E-state index contributed by atoms with van der Waals surface area (Å²) in [6, 6.07) is 0. The van der Waals surface area contributed by atoms with E-state index in [0.717, 1.165) is 0 Å².